The van der Waals surface area contributed by atoms with Crippen LogP contribution in [-0.4, -0.2) is 39.9 Å². The highest BCUT2D eigenvalue weighted by molar-refractivity contribution is 5.97. The lowest BCUT2D eigenvalue weighted by molar-refractivity contribution is 0.0700. The molecule has 5 nitrogen and oxygen atoms in total. The van der Waals surface area contributed by atoms with Crippen LogP contribution in [0.15, 0.2) is 6.20 Å². The zero-order valence-corrected chi connectivity index (χ0v) is 14.1. The topological polar surface area (TPSA) is 58.1 Å². The van der Waals surface area contributed by atoms with Crippen LogP contribution in [0.4, 0.5) is 5.69 Å². The lowest BCUT2D eigenvalue weighted by Crippen LogP contribution is -2.38. The fourth-order valence-corrected chi connectivity index (χ4v) is 2.13. The highest BCUT2D eigenvalue weighted by Gasteiger charge is 2.23. The van der Waals surface area contributed by atoms with Crippen LogP contribution in [0, 0.1) is 0 Å². The van der Waals surface area contributed by atoms with Crippen LogP contribution in [0.2, 0.25) is 0 Å². The molecule has 1 aromatic rings. The molecular weight excluding hydrogens is 264 g/mol. The molecule has 1 aromatic heterocycles. The zero-order valence-electron chi connectivity index (χ0n) is 14.1. The number of hydrogen-bond acceptors (Lipinski definition) is 4. The molecule has 0 aliphatic heterocycles. The molecule has 0 fully saturated rings. The van der Waals surface area contributed by atoms with Gasteiger partial charge >= 0.3 is 0 Å². The van der Waals surface area contributed by atoms with Crippen molar-refractivity contribution in [1.82, 2.24) is 14.9 Å². The van der Waals surface area contributed by atoms with E-state index in [1.165, 1.54) is 0 Å². The summed E-state index contributed by atoms with van der Waals surface area (Å²) >= 11 is 0. The number of amides is 1. The van der Waals surface area contributed by atoms with E-state index in [0.29, 0.717) is 17.2 Å². The van der Waals surface area contributed by atoms with Crippen LogP contribution in [0.5, 0.6) is 0 Å². The van der Waals surface area contributed by atoms with Gasteiger partial charge in [-0.25, -0.2) is 9.97 Å². The summed E-state index contributed by atoms with van der Waals surface area (Å²) in [6.07, 6.45) is 2.66. The Bertz CT molecular complexity index is 471. The minimum atomic E-state index is -0.0212. The minimum absolute atomic E-state index is 0.0212. The third-order valence-corrected chi connectivity index (χ3v) is 3.24. The maximum absolute atomic E-state index is 12.8. The number of hydrogen-bond donors (Lipinski definition) is 1. The van der Waals surface area contributed by atoms with Gasteiger partial charge in [-0.3, -0.25) is 4.79 Å². The van der Waals surface area contributed by atoms with E-state index in [1.54, 1.807) is 6.20 Å². The van der Waals surface area contributed by atoms with Gasteiger partial charge in [-0.1, -0.05) is 20.8 Å². The number of rotatable bonds is 7. The van der Waals surface area contributed by atoms with Crippen molar-refractivity contribution in [1.29, 1.82) is 0 Å². The van der Waals surface area contributed by atoms with Gasteiger partial charge in [0.05, 0.1) is 11.9 Å². The molecule has 1 rings (SSSR count). The number of anilines is 1. The first kappa shape index (κ1) is 17.4. The third-order valence-electron chi connectivity index (χ3n) is 3.24. The van der Waals surface area contributed by atoms with Crippen LogP contribution >= 0.6 is 0 Å². The van der Waals surface area contributed by atoms with Gasteiger partial charge in [-0.15, -0.1) is 0 Å². The van der Waals surface area contributed by atoms with Crippen molar-refractivity contribution in [3.63, 3.8) is 0 Å². The average Bonchev–Trinajstić information content (AvgIpc) is 2.44. The second-order valence-electron chi connectivity index (χ2n) is 5.77. The molecule has 21 heavy (non-hydrogen) atoms. The van der Waals surface area contributed by atoms with Crippen LogP contribution in [-0.2, 0) is 0 Å². The lowest BCUT2D eigenvalue weighted by atomic mass is 10.2. The maximum atomic E-state index is 12.8. The van der Waals surface area contributed by atoms with Crippen molar-refractivity contribution in [2.75, 3.05) is 18.4 Å². The first-order chi connectivity index (χ1) is 9.92. The Hall–Kier alpha value is -1.65. The molecule has 0 aromatic carbocycles. The van der Waals surface area contributed by atoms with Crippen molar-refractivity contribution < 1.29 is 4.79 Å². The van der Waals surface area contributed by atoms with Gasteiger partial charge < -0.3 is 10.2 Å². The molecule has 0 spiro atoms. The molecular formula is C16H28N4O. The smallest absolute Gasteiger partial charge is 0.274 e. The predicted octanol–water partition coefficient (Wildman–Crippen LogP) is 3.29. The summed E-state index contributed by atoms with van der Waals surface area (Å²) in [7, 11) is 0. The van der Waals surface area contributed by atoms with Crippen molar-refractivity contribution >= 4 is 11.6 Å². The largest absolute Gasteiger partial charge is 0.382 e. The highest BCUT2D eigenvalue weighted by Crippen LogP contribution is 2.19. The molecule has 1 amide bonds. The van der Waals surface area contributed by atoms with Crippen molar-refractivity contribution in [3.8, 4) is 0 Å². The van der Waals surface area contributed by atoms with Gasteiger partial charge in [-0.2, -0.15) is 0 Å². The molecule has 0 aliphatic carbocycles. The Balaban J connectivity index is 3.22. The van der Waals surface area contributed by atoms with E-state index in [0.717, 1.165) is 19.5 Å². The number of aromatic nitrogens is 2. The number of nitrogens with zero attached hydrogens (tertiary/aromatic N) is 3. The monoisotopic (exact) mass is 292 g/mol. The van der Waals surface area contributed by atoms with Gasteiger partial charge in [0.25, 0.3) is 5.91 Å². The zero-order chi connectivity index (χ0) is 16.0. The maximum Gasteiger partial charge on any atom is 0.274 e. The highest BCUT2D eigenvalue weighted by atomic mass is 16.2. The molecule has 1 heterocycles. The average molecular weight is 292 g/mol. The molecule has 0 saturated heterocycles. The van der Waals surface area contributed by atoms with Crippen LogP contribution in [0.3, 0.4) is 0 Å². The van der Waals surface area contributed by atoms with Crippen molar-refractivity contribution in [2.45, 2.75) is 59.9 Å². The fraction of sp³-hybridized carbons (Fsp3) is 0.688. The lowest BCUT2D eigenvalue weighted by Gasteiger charge is -2.27. The van der Waals surface area contributed by atoms with Crippen molar-refractivity contribution in [2.24, 2.45) is 0 Å². The first-order valence-electron chi connectivity index (χ1n) is 7.84. The second-order valence-corrected chi connectivity index (χ2v) is 5.77. The van der Waals surface area contributed by atoms with Gasteiger partial charge in [0.2, 0.25) is 0 Å². The van der Waals surface area contributed by atoms with E-state index in [1.807, 2.05) is 39.5 Å². The number of carbonyl (C=O) groups is 1. The summed E-state index contributed by atoms with van der Waals surface area (Å²) in [5.41, 5.74) is 1.20. The van der Waals surface area contributed by atoms with E-state index >= 15 is 0 Å². The van der Waals surface area contributed by atoms with E-state index in [4.69, 9.17) is 0 Å². The predicted molar refractivity (Wildman–Crippen MR) is 86.7 cm³/mol. The third kappa shape index (κ3) is 4.41. The van der Waals surface area contributed by atoms with Crippen LogP contribution in [0.25, 0.3) is 0 Å². The molecule has 5 heteroatoms. The Kier molecular flexibility index (Phi) is 6.59. The molecule has 0 atom stereocenters. The molecule has 1 N–H and O–H groups in total. The van der Waals surface area contributed by atoms with Gasteiger partial charge in [0, 0.05) is 25.0 Å². The minimum Gasteiger partial charge on any atom is -0.382 e. The Morgan fingerprint density at radius 2 is 1.95 bits per heavy atom. The normalized spacial score (nSPS) is 11.0. The van der Waals surface area contributed by atoms with Gasteiger partial charge in [0.15, 0.2) is 5.69 Å². The van der Waals surface area contributed by atoms with Gasteiger partial charge in [0.1, 0.15) is 5.82 Å². The quantitative estimate of drug-likeness (QED) is 0.837. The molecule has 0 unspecified atom stereocenters. The van der Waals surface area contributed by atoms with Crippen LogP contribution in [0.1, 0.15) is 70.2 Å². The summed E-state index contributed by atoms with van der Waals surface area (Å²) < 4.78 is 0. The van der Waals surface area contributed by atoms with Crippen LogP contribution < -0.4 is 5.32 Å². The Morgan fingerprint density at radius 3 is 2.43 bits per heavy atom. The number of carbonyl (C=O) groups excluding carboxylic acids is 1. The standard InChI is InChI=1S/C16H28N4O/c1-7-9-20(12(5)6)16(21)14-13(17-8-2)10-18-15(19-14)11(3)4/h10-12,17H,7-9H2,1-6H3. The van der Waals surface area contributed by atoms with Crippen molar-refractivity contribution in [3.05, 3.63) is 17.7 Å². The van der Waals surface area contributed by atoms with E-state index < -0.39 is 0 Å². The van der Waals surface area contributed by atoms with Gasteiger partial charge in [-0.05, 0) is 27.2 Å². The second kappa shape index (κ2) is 7.96. The summed E-state index contributed by atoms with van der Waals surface area (Å²) in [5.74, 6) is 0.887. The SMILES string of the molecule is CCCN(C(=O)c1nc(C(C)C)ncc1NCC)C(C)C. The number of nitrogens with one attached hydrogen (secondary N) is 1. The molecule has 0 radical (unpaired) electrons. The molecule has 0 saturated carbocycles. The Labute approximate surface area is 128 Å². The van der Waals surface area contributed by atoms with E-state index in [-0.39, 0.29) is 17.9 Å². The molecule has 118 valence electrons. The van der Waals surface area contributed by atoms with E-state index in [9.17, 15) is 4.79 Å². The summed E-state index contributed by atoms with van der Waals surface area (Å²) in [4.78, 5) is 23.6. The Morgan fingerprint density at radius 1 is 1.29 bits per heavy atom. The summed E-state index contributed by atoms with van der Waals surface area (Å²) in [6, 6.07) is 0.157. The molecule has 0 aliphatic rings. The fourth-order valence-electron chi connectivity index (χ4n) is 2.13. The molecule has 0 bridgehead atoms. The van der Waals surface area contributed by atoms with E-state index in [2.05, 4.69) is 22.2 Å². The first-order valence-corrected chi connectivity index (χ1v) is 7.84. The summed E-state index contributed by atoms with van der Waals surface area (Å²) in [5, 5.41) is 3.19. The summed E-state index contributed by atoms with van der Waals surface area (Å²) in [6.45, 7) is 13.7.